The third kappa shape index (κ3) is 2.71. The van der Waals surface area contributed by atoms with Crippen molar-refractivity contribution in [3.05, 3.63) is 23.5 Å². The molecule has 0 amide bonds. The van der Waals surface area contributed by atoms with Gasteiger partial charge >= 0.3 is 0 Å². The fraction of sp³-hybridized carbons (Fsp3) is 0.500. The smallest absolute Gasteiger partial charge is 0.138 e. The van der Waals surface area contributed by atoms with Crippen molar-refractivity contribution in [3.63, 3.8) is 0 Å². The van der Waals surface area contributed by atoms with E-state index in [2.05, 4.69) is 20.6 Å². The topological polar surface area (TPSA) is 95.0 Å². The molecule has 2 N–H and O–H groups in total. The minimum atomic E-state index is -0.698. The number of thiophene rings is 1. The molecule has 3 aromatic rings. The van der Waals surface area contributed by atoms with E-state index < -0.39 is 12.2 Å². The lowest BCUT2D eigenvalue weighted by atomic mass is 9.81. The van der Waals surface area contributed by atoms with Crippen LogP contribution in [-0.2, 0) is 0 Å². The number of hydrogen-bond donors (Lipinski definition) is 2. The van der Waals surface area contributed by atoms with Gasteiger partial charge in [-0.3, -0.25) is 4.98 Å². The molecule has 0 aromatic carbocycles. The molecular formula is C18H20N4O2S. The maximum atomic E-state index is 10.5. The van der Waals surface area contributed by atoms with Crippen LogP contribution in [-0.4, -0.2) is 30.9 Å². The largest absolute Gasteiger partial charge is 0.393 e. The molecule has 7 heteroatoms. The van der Waals surface area contributed by atoms with E-state index >= 15 is 0 Å². The lowest BCUT2D eigenvalue weighted by Gasteiger charge is -2.34. The second kappa shape index (κ2) is 6.37. The van der Waals surface area contributed by atoms with E-state index in [1.807, 2.05) is 11.4 Å². The van der Waals surface area contributed by atoms with Crippen LogP contribution in [0.3, 0.4) is 0 Å². The zero-order valence-corrected chi connectivity index (χ0v) is 14.8. The van der Waals surface area contributed by atoms with Crippen molar-refractivity contribution in [1.82, 2.24) is 14.5 Å². The van der Waals surface area contributed by atoms with Crippen LogP contribution in [0.2, 0.25) is 0 Å². The Morgan fingerprint density at radius 1 is 1.44 bits per heavy atom. The molecule has 3 aromatic heterocycles. The number of hydrogen-bond acceptors (Lipinski definition) is 6. The van der Waals surface area contributed by atoms with E-state index in [0.717, 1.165) is 34.1 Å². The summed E-state index contributed by atoms with van der Waals surface area (Å²) in [5, 5.41) is 31.7. The van der Waals surface area contributed by atoms with Crippen LogP contribution in [0.25, 0.3) is 21.3 Å². The Hall–Kier alpha value is -2.01. The molecular weight excluding hydrogens is 336 g/mol. The van der Waals surface area contributed by atoms with Gasteiger partial charge in [0.15, 0.2) is 0 Å². The molecule has 1 fully saturated rings. The highest BCUT2D eigenvalue weighted by atomic mass is 32.1. The number of rotatable bonds is 3. The summed E-state index contributed by atoms with van der Waals surface area (Å²) < 4.78 is 3.16. The van der Waals surface area contributed by atoms with Crippen LogP contribution in [0.15, 0.2) is 17.6 Å². The number of nitriles is 1. The minimum absolute atomic E-state index is 0.0365. The maximum absolute atomic E-state index is 10.5. The third-order valence-corrected chi connectivity index (χ3v) is 6.08. The Labute approximate surface area is 149 Å². The van der Waals surface area contributed by atoms with Gasteiger partial charge < -0.3 is 14.8 Å². The SMILES string of the molecule is C[C@@H](O)c1nc2cnc3ccsc3c2n1C1CC[C@@H](CC#N)[C@@H](O)C1. The molecule has 1 aliphatic rings. The van der Waals surface area contributed by atoms with Crippen molar-refractivity contribution < 1.29 is 10.2 Å². The average molecular weight is 356 g/mol. The number of aromatic nitrogens is 3. The average Bonchev–Trinajstić information content (AvgIpc) is 3.20. The van der Waals surface area contributed by atoms with Crippen LogP contribution in [0, 0.1) is 17.2 Å². The van der Waals surface area contributed by atoms with Crippen LogP contribution in [0.4, 0.5) is 0 Å². The second-order valence-corrected chi connectivity index (χ2v) is 7.72. The molecule has 0 bridgehead atoms. The monoisotopic (exact) mass is 356 g/mol. The summed E-state index contributed by atoms with van der Waals surface area (Å²) in [4.78, 5) is 9.07. The van der Waals surface area contributed by atoms with Crippen LogP contribution in [0.1, 0.15) is 50.6 Å². The summed E-state index contributed by atoms with van der Waals surface area (Å²) in [7, 11) is 0. The molecule has 130 valence electrons. The van der Waals surface area contributed by atoms with Gasteiger partial charge in [-0.2, -0.15) is 5.26 Å². The summed E-state index contributed by atoms with van der Waals surface area (Å²) in [5.41, 5.74) is 2.70. The van der Waals surface area contributed by atoms with Gasteiger partial charge in [0, 0.05) is 12.5 Å². The van der Waals surface area contributed by atoms with Gasteiger partial charge in [-0.15, -0.1) is 11.3 Å². The number of imidazole rings is 1. The number of aliphatic hydroxyl groups is 2. The molecule has 0 spiro atoms. The minimum Gasteiger partial charge on any atom is -0.393 e. The molecule has 0 aliphatic heterocycles. The van der Waals surface area contributed by atoms with Crippen molar-refractivity contribution in [2.75, 3.05) is 0 Å². The predicted octanol–water partition coefficient (Wildman–Crippen LogP) is 3.32. The van der Waals surface area contributed by atoms with E-state index in [9.17, 15) is 10.2 Å². The third-order valence-electron chi connectivity index (χ3n) is 5.17. The lowest BCUT2D eigenvalue weighted by Crippen LogP contribution is -2.31. The van der Waals surface area contributed by atoms with Crippen molar-refractivity contribution in [3.8, 4) is 6.07 Å². The molecule has 1 saturated carbocycles. The first-order valence-electron chi connectivity index (χ1n) is 8.57. The summed E-state index contributed by atoms with van der Waals surface area (Å²) >= 11 is 1.62. The normalized spacial score (nSPS) is 25.3. The van der Waals surface area contributed by atoms with E-state index in [4.69, 9.17) is 5.26 Å². The summed E-state index contributed by atoms with van der Waals surface area (Å²) in [6.07, 6.45) is 3.19. The Balaban J connectivity index is 1.84. The standard InChI is InChI=1S/C18H20N4O2S/c1-10(23)18-21-14-9-20-13-5-7-25-17(13)16(14)22(18)12-3-2-11(4-6-19)15(24)8-12/h5,7,9-12,15,23-24H,2-4,8H2,1H3/t10-,11+,12?,15+/m1/s1. The lowest BCUT2D eigenvalue weighted by molar-refractivity contribution is 0.0480. The van der Waals surface area contributed by atoms with Crippen LogP contribution in [0.5, 0.6) is 0 Å². The molecule has 3 heterocycles. The maximum Gasteiger partial charge on any atom is 0.138 e. The summed E-state index contributed by atoms with van der Waals surface area (Å²) in [6, 6.07) is 4.22. The predicted molar refractivity (Wildman–Crippen MR) is 96.2 cm³/mol. The molecule has 0 saturated heterocycles. The second-order valence-electron chi connectivity index (χ2n) is 6.80. The molecule has 25 heavy (non-hydrogen) atoms. The number of pyridine rings is 1. The highest BCUT2D eigenvalue weighted by Gasteiger charge is 2.33. The highest BCUT2D eigenvalue weighted by Crippen LogP contribution is 2.40. The molecule has 1 unspecified atom stereocenters. The zero-order valence-electron chi connectivity index (χ0n) is 14.0. The van der Waals surface area contributed by atoms with Crippen molar-refractivity contribution in [2.45, 2.75) is 50.9 Å². The molecule has 4 rings (SSSR count). The Morgan fingerprint density at radius 2 is 2.28 bits per heavy atom. The van der Waals surface area contributed by atoms with Gasteiger partial charge in [-0.25, -0.2) is 4.98 Å². The van der Waals surface area contributed by atoms with Crippen molar-refractivity contribution in [1.29, 1.82) is 5.26 Å². The number of nitrogens with zero attached hydrogens (tertiary/aromatic N) is 4. The Morgan fingerprint density at radius 3 is 3.00 bits per heavy atom. The summed E-state index contributed by atoms with van der Waals surface area (Å²) in [6.45, 7) is 1.72. The highest BCUT2D eigenvalue weighted by molar-refractivity contribution is 7.18. The summed E-state index contributed by atoms with van der Waals surface area (Å²) in [5.74, 6) is 0.656. The van der Waals surface area contributed by atoms with E-state index in [0.29, 0.717) is 18.7 Å². The van der Waals surface area contributed by atoms with E-state index in [-0.39, 0.29) is 12.0 Å². The van der Waals surface area contributed by atoms with Gasteiger partial charge in [0.25, 0.3) is 0 Å². The fourth-order valence-corrected chi connectivity index (χ4v) is 4.83. The van der Waals surface area contributed by atoms with Gasteiger partial charge in [-0.05, 0) is 43.6 Å². The van der Waals surface area contributed by atoms with Crippen molar-refractivity contribution in [2.24, 2.45) is 5.92 Å². The zero-order chi connectivity index (χ0) is 17.6. The first-order chi connectivity index (χ1) is 12.1. The van der Waals surface area contributed by atoms with Gasteiger partial charge in [-0.1, -0.05) is 0 Å². The van der Waals surface area contributed by atoms with E-state index in [1.165, 1.54) is 0 Å². The van der Waals surface area contributed by atoms with Gasteiger partial charge in [0.1, 0.15) is 17.4 Å². The Kier molecular flexibility index (Phi) is 4.20. The van der Waals surface area contributed by atoms with Crippen LogP contribution >= 0.6 is 11.3 Å². The van der Waals surface area contributed by atoms with E-state index in [1.54, 1.807) is 24.5 Å². The number of fused-ring (bicyclic) bond motifs is 3. The molecule has 0 radical (unpaired) electrons. The molecule has 6 nitrogen and oxygen atoms in total. The first kappa shape index (κ1) is 16.5. The number of aliphatic hydroxyl groups excluding tert-OH is 2. The fourth-order valence-electron chi connectivity index (χ4n) is 3.94. The van der Waals surface area contributed by atoms with Gasteiger partial charge in [0.05, 0.1) is 34.1 Å². The Bertz CT molecular complexity index is 955. The quantitative estimate of drug-likeness (QED) is 0.751. The molecule has 4 atom stereocenters. The van der Waals surface area contributed by atoms with Crippen LogP contribution < -0.4 is 0 Å². The van der Waals surface area contributed by atoms with Gasteiger partial charge in [0.2, 0.25) is 0 Å². The molecule has 1 aliphatic carbocycles. The van der Waals surface area contributed by atoms with Crippen molar-refractivity contribution >= 4 is 32.6 Å². The first-order valence-corrected chi connectivity index (χ1v) is 9.45.